The van der Waals surface area contributed by atoms with Crippen LogP contribution in [0.1, 0.15) is 39.5 Å². The van der Waals surface area contributed by atoms with Crippen molar-refractivity contribution in [2.75, 3.05) is 0 Å². The number of hydrogen-bond donors (Lipinski definition) is 2. The van der Waals surface area contributed by atoms with Crippen molar-refractivity contribution < 1.29 is 18.0 Å². The van der Waals surface area contributed by atoms with Crippen LogP contribution in [-0.2, 0) is 11.6 Å². The second-order valence-electron chi connectivity index (χ2n) is 7.46. The van der Waals surface area contributed by atoms with Crippen LogP contribution in [0.25, 0.3) is 0 Å². The largest absolute Gasteiger partial charge is 0.416 e. The third-order valence-electron chi connectivity index (χ3n) is 5.38. The highest BCUT2D eigenvalue weighted by Crippen LogP contribution is 2.40. The molecule has 7 heteroatoms. The number of allylic oxidation sites excluding steroid dienone is 1. The molecule has 3 rings (SSSR count). The Bertz CT molecular complexity index is 1120. The molecule has 3 aromatic carbocycles. The van der Waals surface area contributed by atoms with Crippen LogP contribution in [-0.4, -0.2) is 5.91 Å². The number of carbonyl (C=O) groups is 1. The highest BCUT2D eigenvalue weighted by atomic mass is 19.4. The zero-order valence-electron chi connectivity index (χ0n) is 17.6. The fraction of sp³-hybridized carbons (Fsp3) is 0.154. The van der Waals surface area contributed by atoms with Crippen LogP contribution in [0, 0.1) is 11.3 Å². The highest BCUT2D eigenvalue weighted by Gasteiger charge is 2.41. The Morgan fingerprint density at radius 3 is 2.03 bits per heavy atom. The van der Waals surface area contributed by atoms with Crippen molar-refractivity contribution in [1.29, 1.82) is 5.26 Å². The average molecular weight is 449 g/mol. The summed E-state index contributed by atoms with van der Waals surface area (Å²) >= 11 is 0. The molecule has 1 amide bonds. The lowest BCUT2D eigenvalue weighted by atomic mass is 9.70. The monoisotopic (exact) mass is 449 g/mol. The first-order chi connectivity index (χ1) is 15.8. The number of nitrogens with zero attached hydrogens (tertiary/aromatic N) is 1. The molecule has 0 saturated carbocycles. The van der Waals surface area contributed by atoms with E-state index in [4.69, 9.17) is 0 Å². The molecule has 2 atom stereocenters. The van der Waals surface area contributed by atoms with Gasteiger partial charge in [0.05, 0.1) is 17.7 Å². The summed E-state index contributed by atoms with van der Waals surface area (Å²) in [6, 6.07) is 24.0. The summed E-state index contributed by atoms with van der Waals surface area (Å²) in [5.41, 5.74) is 5.11. The number of amides is 1. The van der Waals surface area contributed by atoms with E-state index in [1.54, 1.807) is 6.08 Å². The van der Waals surface area contributed by atoms with Crippen molar-refractivity contribution in [3.63, 3.8) is 0 Å². The van der Waals surface area contributed by atoms with Crippen LogP contribution in [0.15, 0.2) is 97.6 Å². The summed E-state index contributed by atoms with van der Waals surface area (Å²) in [6.45, 7) is 3.81. The maximum Gasteiger partial charge on any atom is 0.416 e. The third kappa shape index (κ3) is 5.30. The number of nitrogens with one attached hydrogen (secondary N) is 2. The maximum absolute atomic E-state index is 12.8. The Balaban J connectivity index is 1.94. The van der Waals surface area contributed by atoms with Crippen LogP contribution in [0.4, 0.5) is 13.2 Å². The Labute approximate surface area is 190 Å². The van der Waals surface area contributed by atoms with E-state index in [-0.39, 0.29) is 12.0 Å². The normalized spacial score (nSPS) is 13.9. The number of benzene rings is 3. The first-order valence-electron chi connectivity index (χ1n) is 10.2. The van der Waals surface area contributed by atoms with Crippen LogP contribution < -0.4 is 10.9 Å². The van der Waals surface area contributed by atoms with Gasteiger partial charge in [-0.3, -0.25) is 10.2 Å². The second kappa shape index (κ2) is 10.2. The molecule has 0 aliphatic rings. The van der Waals surface area contributed by atoms with E-state index in [0.717, 1.165) is 35.4 Å². The van der Waals surface area contributed by atoms with Gasteiger partial charge in [-0.2, -0.15) is 18.4 Å². The van der Waals surface area contributed by atoms with Gasteiger partial charge < -0.3 is 0 Å². The Morgan fingerprint density at radius 1 is 0.939 bits per heavy atom. The zero-order chi connectivity index (χ0) is 23.9. The minimum absolute atomic E-state index is 0.0494. The molecule has 2 N–H and O–H groups in total. The lowest BCUT2D eigenvalue weighted by Gasteiger charge is -2.36. The molecule has 0 aliphatic heterocycles. The molecule has 0 saturated heterocycles. The number of alkyl halides is 3. The van der Waals surface area contributed by atoms with E-state index in [9.17, 15) is 23.2 Å². The highest BCUT2D eigenvalue weighted by molar-refractivity contribution is 5.93. The minimum atomic E-state index is -4.49. The SMILES string of the molecule is C=CC[C@@](C#N)(c1ccccc1)[C@@H](NNC(=O)c1ccc(C(F)(F)F)cc1)c1ccccc1. The lowest BCUT2D eigenvalue weighted by molar-refractivity contribution is -0.137. The van der Waals surface area contributed by atoms with E-state index in [1.807, 2.05) is 60.7 Å². The van der Waals surface area contributed by atoms with Crippen LogP contribution in [0.5, 0.6) is 0 Å². The van der Waals surface area contributed by atoms with E-state index in [1.165, 1.54) is 0 Å². The van der Waals surface area contributed by atoms with Gasteiger partial charge in [0.2, 0.25) is 0 Å². The number of rotatable bonds is 8. The van der Waals surface area contributed by atoms with Gasteiger partial charge in [0.1, 0.15) is 5.41 Å². The van der Waals surface area contributed by atoms with Gasteiger partial charge in [-0.05, 0) is 41.8 Å². The Kier molecular flexibility index (Phi) is 7.31. The molecule has 0 unspecified atom stereocenters. The van der Waals surface area contributed by atoms with Crippen molar-refractivity contribution in [3.05, 3.63) is 120 Å². The standard InChI is InChI=1S/C26H22F3N3O/c1-2-17-25(18-30,21-11-7-4-8-12-21)23(19-9-5-3-6-10-19)31-32-24(33)20-13-15-22(16-14-20)26(27,28)29/h2-16,23,31H,1,17H2,(H,32,33)/t23-,25+/m0/s1. The molecule has 0 aliphatic carbocycles. The number of nitriles is 1. The number of carbonyl (C=O) groups excluding carboxylic acids is 1. The molecule has 0 aromatic heterocycles. The smallest absolute Gasteiger partial charge is 0.287 e. The van der Waals surface area contributed by atoms with Gasteiger partial charge in [0, 0.05) is 5.56 Å². The fourth-order valence-corrected chi connectivity index (χ4v) is 3.70. The quantitative estimate of drug-likeness (QED) is 0.342. The maximum atomic E-state index is 12.8. The Hall–Kier alpha value is -3.89. The van der Waals surface area contributed by atoms with Crippen LogP contribution >= 0.6 is 0 Å². The molecule has 168 valence electrons. The van der Waals surface area contributed by atoms with E-state index in [2.05, 4.69) is 23.5 Å². The van der Waals surface area contributed by atoms with Crippen molar-refractivity contribution in [3.8, 4) is 6.07 Å². The number of hydrogen-bond acceptors (Lipinski definition) is 3. The van der Waals surface area contributed by atoms with Gasteiger partial charge in [0.25, 0.3) is 5.91 Å². The molecule has 3 aromatic rings. The van der Waals surface area contributed by atoms with Crippen molar-refractivity contribution >= 4 is 5.91 Å². The predicted octanol–water partition coefficient (Wildman–Crippen LogP) is 5.72. The number of halogens is 3. The summed E-state index contributed by atoms with van der Waals surface area (Å²) in [7, 11) is 0. The lowest BCUT2D eigenvalue weighted by Crippen LogP contribution is -2.48. The molecule has 0 spiro atoms. The Morgan fingerprint density at radius 2 is 1.52 bits per heavy atom. The zero-order valence-corrected chi connectivity index (χ0v) is 17.6. The first kappa shape index (κ1) is 23.8. The summed E-state index contributed by atoms with van der Waals surface area (Å²) in [5.74, 6) is -0.622. The summed E-state index contributed by atoms with van der Waals surface area (Å²) in [6.07, 6.45) is -2.56. The van der Waals surface area contributed by atoms with Gasteiger partial charge in [-0.25, -0.2) is 5.43 Å². The van der Waals surface area contributed by atoms with E-state index >= 15 is 0 Å². The molecular weight excluding hydrogens is 427 g/mol. The summed E-state index contributed by atoms with van der Waals surface area (Å²) in [5, 5.41) is 10.3. The second-order valence-corrected chi connectivity index (χ2v) is 7.46. The van der Waals surface area contributed by atoms with Crippen molar-refractivity contribution in [2.45, 2.75) is 24.1 Å². The average Bonchev–Trinajstić information content (AvgIpc) is 2.84. The van der Waals surface area contributed by atoms with Gasteiger partial charge in [-0.1, -0.05) is 66.7 Å². The predicted molar refractivity (Wildman–Crippen MR) is 120 cm³/mol. The van der Waals surface area contributed by atoms with E-state index in [0.29, 0.717) is 0 Å². The van der Waals surface area contributed by atoms with Crippen molar-refractivity contribution in [2.24, 2.45) is 0 Å². The first-order valence-corrected chi connectivity index (χ1v) is 10.2. The van der Waals surface area contributed by atoms with Gasteiger partial charge >= 0.3 is 6.18 Å². The summed E-state index contributed by atoms with van der Waals surface area (Å²) in [4.78, 5) is 12.7. The molecule has 33 heavy (non-hydrogen) atoms. The van der Waals surface area contributed by atoms with Crippen LogP contribution in [0.3, 0.4) is 0 Å². The number of hydrazine groups is 1. The fourth-order valence-electron chi connectivity index (χ4n) is 3.70. The third-order valence-corrected chi connectivity index (χ3v) is 5.38. The molecule has 0 fully saturated rings. The molecule has 4 nitrogen and oxygen atoms in total. The molecular formula is C26H22F3N3O. The van der Waals surface area contributed by atoms with Crippen LogP contribution in [0.2, 0.25) is 0 Å². The minimum Gasteiger partial charge on any atom is -0.287 e. The van der Waals surface area contributed by atoms with E-state index < -0.39 is 29.1 Å². The van der Waals surface area contributed by atoms with Gasteiger partial charge in [0.15, 0.2) is 0 Å². The van der Waals surface area contributed by atoms with Crippen molar-refractivity contribution in [1.82, 2.24) is 10.9 Å². The molecule has 0 heterocycles. The molecule has 0 radical (unpaired) electrons. The topological polar surface area (TPSA) is 64.9 Å². The molecule has 0 bridgehead atoms. The summed E-state index contributed by atoms with van der Waals surface area (Å²) < 4.78 is 38.4. The van der Waals surface area contributed by atoms with Gasteiger partial charge in [-0.15, -0.1) is 6.58 Å².